The molecule has 0 saturated carbocycles. The average molecular weight is 288 g/mol. The molecular formula is C16H14ClNS. The Hall–Kier alpha value is -1.35. The quantitative estimate of drug-likeness (QED) is 0.736. The van der Waals surface area contributed by atoms with Crippen molar-refractivity contribution >= 4 is 33.7 Å². The van der Waals surface area contributed by atoms with Gasteiger partial charge in [0.15, 0.2) is 0 Å². The monoisotopic (exact) mass is 287 g/mol. The van der Waals surface area contributed by atoms with Gasteiger partial charge in [-0.2, -0.15) is 0 Å². The Morgan fingerprint density at radius 2 is 1.79 bits per heavy atom. The third kappa shape index (κ3) is 2.66. The number of nitrogens with two attached hydrogens (primary N) is 1. The minimum absolute atomic E-state index is 0.000756. The van der Waals surface area contributed by atoms with Gasteiger partial charge in [-0.1, -0.05) is 54.1 Å². The van der Waals surface area contributed by atoms with Gasteiger partial charge in [0.2, 0.25) is 0 Å². The molecule has 0 radical (unpaired) electrons. The first kappa shape index (κ1) is 12.7. The van der Waals surface area contributed by atoms with E-state index < -0.39 is 0 Å². The number of hydrogen-bond acceptors (Lipinski definition) is 2. The van der Waals surface area contributed by atoms with E-state index in [1.807, 2.05) is 6.07 Å². The molecule has 2 aromatic carbocycles. The van der Waals surface area contributed by atoms with Gasteiger partial charge in [0, 0.05) is 17.3 Å². The predicted molar refractivity (Wildman–Crippen MR) is 83.9 cm³/mol. The smallest absolute Gasteiger partial charge is 0.0931 e. The van der Waals surface area contributed by atoms with Gasteiger partial charge < -0.3 is 5.73 Å². The second-order valence-electron chi connectivity index (χ2n) is 4.58. The average Bonchev–Trinajstić information content (AvgIpc) is 2.83. The number of fused-ring (bicyclic) bond motifs is 1. The van der Waals surface area contributed by atoms with Crippen LogP contribution in [-0.2, 0) is 6.42 Å². The summed E-state index contributed by atoms with van der Waals surface area (Å²) in [7, 11) is 0. The van der Waals surface area contributed by atoms with Crippen molar-refractivity contribution in [2.24, 2.45) is 5.73 Å². The van der Waals surface area contributed by atoms with Crippen molar-refractivity contribution in [1.82, 2.24) is 0 Å². The van der Waals surface area contributed by atoms with E-state index in [9.17, 15) is 0 Å². The molecule has 0 amide bonds. The first-order valence-corrected chi connectivity index (χ1v) is 7.41. The van der Waals surface area contributed by atoms with Gasteiger partial charge in [-0.3, -0.25) is 0 Å². The van der Waals surface area contributed by atoms with Gasteiger partial charge in [-0.05, 0) is 28.5 Å². The molecule has 0 aliphatic carbocycles. The van der Waals surface area contributed by atoms with Crippen molar-refractivity contribution in [3.63, 3.8) is 0 Å². The van der Waals surface area contributed by atoms with Crippen LogP contribution in [0, 0.1) is 0 Å². The van der Waals surface area contributed by atoms with Crippen molar-refractivity contribution in [3.8, 4) is 0 Å². The topological polar surface area (TPSA) is 26.0 Å². The maximum Gasteiger partial charge on any atom is 0.0931 e. The van der Waals surface area contributed by atoms with Gasteiger partial charge in [0.25, 0.3) is 0 Å². The van der Waals surface area contributed by atoms with Gasteiger partial charge in [-0.15, -0.1) is 11.3 Å². The number of rotatable bonds is 3. The Labute approximate surface area is 121 Å². The Balaban J connectivity index is 1.95. The van der Waals surface area contributed by atoms with E-state index in [2.05, 4.69) is 48.5 Å². The van der Waals surface area contributed by atoms with Gasteiger partial charge in [0.1, 0.15) is 0 Å². The molecule has 3 aromatic rings. The van der Waals surface area contributed by atoms with Crippen LogP contribution in [0.1, 0.15) is 16.5 Å². The minimum Gasteiger partial charge on any atom is -0.324 e. The number of benzene rings is 2. The predicted octanol–water partition coefficient (Wildman–Crippen LogP) is 4.80. The Kier molecular flexibility index (Phi) is 3.56. The molecule has 2 N–H and O–H groups in total. The van der Waals surface area contributed by atoms with Crippen LogP contribution >= 0.6 is 22.9 Å². The molecule has 0 fully saturated rings. The molecule has 1 aromatic heterocycles. The van der Waals surface area contributed by atoms with Gasteiger partial charge >= 0.3 is 0 Å². The van der Waals surface area contributed by atoms with Crippen LogP contribution in [0.5, 0.6) is 0 Å². The number of hydrogen-bond donors (Lipinski definition) is 1. The zero-order chi connectivity index (χ0) is 13.2. The lowest BCUT2D eigenvalue weighted by Crippen LogP contribution is -2.13. The highest BCUT2D eigenvalue weighted by Gasteiger charge is 2.11. The highest BCUT2D eigenvalue weighted by molar-refractivity contribution is 7.16. The Bertz CT molecular complexity index is 699. The van der Waals surface area contributed by atoms with Gasteiger partial charge in [0.05, 0.1) is 4.34 Å². The van der Waals surface area contributed by atoms with Crippen molar-refractivity contribution in [2.45, 2.75) is 12.5 Å². The standard InChI is InChI=1S/C16H14ClNS/c17-16-9-8-12(19-16)10-15(18)14-7-3-5-11-4-1-2-6-13(11)14/h1-9,15H,10,18H2. The maximum absolute atomic E-state index is 6.37. The summed E-state index contributed by atoms with van der Waals surface area (Å²) in [5, 5.41) is 2.47. The molecule has 1 atom stereocenters. The maximum atomic E-state index is 6.37. The van der Waals surface area contributed by atoms with E-state index in [1.165, 1.54) is 21.2 Å². The van der Waals surface area contributed by atoms with Crippen LogP contribution in [0.25, 0.3) is 10.8 Å². The summed E-state index contributed by atoms with van der Waals surface area (Å²) < 4.78 is 0.820. The van der Waals surface area contributed by atoms with Crippen LogP contribution < -0.4 is 5.73 Å². The Morgan fingerprint density at radius 3 is 2.58 bits per heavy atom. The van der Waals surface area contributed by atoms with Gasteiger partial charge in [-0.25, -0.2) is 0 Å². The largest absolute Gasteiger partial charge is 0.324 e. The molecule has 0 aliphatic rings. The molecule has 0 spiro atoms. The lowest BCUT2D eigenvalue weighted by Gasteiger charge is -2.14. The molecule has 1 unspecified atom stereocenters. The third-order valence-corrected chi connectivity index (χ3v) is 4.53. The highest BCUT2D eigenvalue weighted by Crippen LogP contribution is 2.28. The van der Waals surface area contributed by atoms with Crippen LogP contribution in [0.15, 0.2) is 54.6 Å². The third-order valence-electron chi connectivity index (χ3n) is 3.27. The first-order chi connectivity index (χ1) is 9.24. The van der Waals surface area contributed by atoms with Crippen LogP contribution in [0.3, 0.4) is 0 Å². The van der Waals surface area contributed by atoms with E-state index in [0.29, 0.717) is 0 Å². The van der Waals surface area contributed by atoms with E-state index in [0.717, 1.165) is 10.8 Å². The van der Waals surface area contributed by atoms with Crippen LogP contribution in [0.4, 0.5) is 0 Å². The second kappa shape index (κ2) is 5.33. The fourth-order valence-electron chi connectivity index (χ4n) is 2.36. The molecular weight excluding hydrogens is 274 g/mol. The molecule has 3 heteroatoms. The fourth-order valence-corrected chi connectivity index (χ4v) is 3.51. The molecule has 1 nitrogen and oxygen atoms in total. The highest BCUT2D eigenvalue weighted by atomic mass is 35.5. The van der Waals surface area contributed by atoms with Crippen molar-refractivity contribution < 1.29 is 0 Å². The zero-order valence-electron chi connectivity index (χ0n) is 10.3. The fraction of sp³-hybridized carbons (Fsp3) is 0.125. The summed E-state index contributed by atoms with van der Waals surface area (Å²) in [4.78, 5) is 1.23. The van der Waals surface area contributed by atoms with E-state index in [1.54, 1.807) is 11.3 Å². The molecule has 0 saturated heterocycles. The molecule has 19 heavy (non-hydrogen) atoms. The molecule has 0 aliphatic heterocycles. The SMILES string of the molecule is NC(Cc1ccc(Cl)s1)c1cccc2ccccc12. The summed E-state index contributed by atoms with van der Waals surface area (Å²) in [5.41, 5.74) is 7.56. The molecule has 1 heterocycles. The summed E-state index contributed by atoms with van der Waals surface area (Å²) in [6.07, 6.45) is 0.825. The van der Waals surface area contributed by atoms with Crippen molar-refractivity contribution in [1.29, 1.82) is 0 Å². The summed E-state index contributed by atoms with van der Waals surface area (Å²) in [6.45, 7) is 0. The summed E-state index contributed by atoms with van der Waals surface area (Å²) in [6, 6.07) is 18.6. The van der Waals surface area contributed by atoms with E-state index >= 15 is 0 Å². The van der Waals surface area contributed by atoms with E-state index in [4.69, 9.17) is 17.3 Å². The lowest BCUT2D eigenvalue weighted by molar-refractivity contribution is 0.736. The van der Waals surface area contributed by atoms with Crippen LogP contribution in [-0.4, -0.2) is 0 Å². The normalized spacial score (nSPS) is 12.7. The lowest BCUT2D eigenvalue weighted by atomic mass is 9.97. The molecule has 96 valence electrons. The van der Waals surface area contributed by atoms with Crippen molar-refractivity contribution in [3.05, 3.63) is 69.4 Å². The number of halogens is 1. The first-order valence-electron chi connectivity index (χ1n) is 6.21. The van der Waals surface area contributed by atoms with Crippen molar-refractivity contribution in [2.75, 3.05) is 0 Å². The zero-order valence-corrected chi connectivity index (χ0v) is 11.9. The minimum atomic E-state index is 0.000756. The molecule has 3 rings (SSSR count). The second-order valence-corrected chi connectivity index (χ2v) is 6.38. The summed E-state index contributed by atoms with van der Waals surface area (Å²) in [5.74, 6) is 0. The summed E-state index contributed by atoms with van der Waals surface area (Å²) >= 11 is 7.56. The van der Waals surface area contributed by atoms with Crippen LogP contribution in [0.2, 0.25) is 4.34 Å². The molecule has 0 bridgehead atoms. The van der Waals surface area contributed by atoms with E-state index in [-0.39, 0.29) is 6.04 Å². The Morgan fingerprint density at radius 1 is 1.00 bits per heavy atom. The number of thiophene rings is 1.